The zero-order valence-corrected chi connectivity index (χ0v) is 19.7. The van der Waals surface area contributed by atoms with Gasteiger partial charge in [-0.15, -0.1) is 16.4 Å². The van der Waals surface area contributed by atoms with E-state index in [1.807, 2.05) is 24.3 Å². The molecule has 0 fully saturated rings. The van der Waals surface area contributed by atoms with Crippen LogP contribution in [0.3, 0.4) is 0 Å². The predicted octanol–water partition coefficient (Wildman–Crippen LogP) is 4.06. The number of aromatic nitrogens is 4. The van der Waals surface area contributed by atoms with Crippen molar-refractivity contribution in [3.8, 4) is 5.75 Å². The quantitative estimate of drug-likeness (QED) is 0.365. The summed E-state index contributed by atoms with van der Waals surface area (Å²) in [6.07, 6.45) is 4.29. The van der Waals surface area contributed by atoms with Gasteiger partial charge in [0.15, 0.2) is 18.1 Å². The summed E-state index contributed by atoms with van der Waals surface area (Å²) in [7, 11) is 1.64. The average molecular weight is 451 g/mol. The van der Waals surface area contributed by atoms with Gasteiger partial charge < -0.3 is 14.9 Å². The molecule has 0 bridgehead atoms. The number of hydrogen-bond acceptors (Lipinski definition) is 8. The van der Waals surface area contributed by atoms with E-state index in [2.05, 4.69) is 48.3 Å². The molecule has 1 aromatic carbocycles. The van der Waals surface area contributed by atoms with Crippen LogP contribution in [0, 0.1) is 0 Å². The van der Waals surface area contributed by atoms with E-state index in [0.717, 1.165) is 33.6 Å². The molecule has 0 atom stereocenters. The molecule has 1 aliphatic rings. The first-order valence-corrected chi connectivity index (χ1v) is 11.3. The molecule has 0 unspecified atom stereocenters. The molecule has 0 aliphatic carbocycles. The Balaban J connectivity index is 1.42. The number of thiophene rings is 1. The van der Waals surface area contributed by atoms with E-state index in [1.54, 1.807) is 35.5 Å². The number of benzene rings is 1. The highest BCUT2D eigenvalue weighted by molar-refractivity contribution is 7.19. The molecule has 0 radical (unpaired) electrons. The second kappa shape index (κ2) is 7.53. The van der Waals surface area contributed by atoms with Crippen LogP contribution < -0.4 is 10.1 Å². The molecule has 4 heterocycles. The molecule has 1 aliphatic heterocycles. The summed E-state index contributed by atoms with van der Waals surface area (Å²) in [6, 6.07) is 7.58. The largest absolute Gasteiger partial charge is 0.497 e. The fraction of sp³-hybridized carbons (Fsp3) is 0.391. The molecule has 1 N–H and O–H groups in total. The molecule has 32 heavy (non-hydrogen) atoms. The summed E-state index contributed by atoms with van der Waals surface area (Å²) in [5, 5.41) is 13.4. The second-order valence-electron chi connectivity index (χ2n) is 9.22. The van der Waals surface area contributed by atoms with Gasteiger partial charge in [-0.2, -0.15) is 0 Å². The van der Waals surface area contributed by atoms with E-state index in [-0.39, 0.29) is 17.7 Å². The first-order valence-electron chi connectivity index (χ1n) is 10.5. The average Bonchev–Trinajstić information content (AvgIpc) is 3.31. The number of ether oxygens (including phenoxy) is 1. The first-order chi connectivity index (χ1) is 15.3. The fourth-order valence-electron chi connectivity index (χ4n) is 4.51. The van der Waals surface area contributed by atoms with Crippen molar-refractivity contribution in [1.82, 2.24) is 24.9 Å². The van der Waals surface area contributed by atoms with Gasteiger partial charge in [-0.1, -0.05) is 5.16 Å². The molecule has 8 nitrogen and oxygen atoms in total. The molecule has 4 aromatic rings. The molecule has 166 valence electrons. The molecule has 9 heteroatoms. The van der Waals surface area contributed by atoms with Gasteiger partial charge in [0, 0.05) is 16.0 Å². The van der Waals surface area contributed by atoms with Gasteiger partial charge in [-0.25, -0.2) is 14.5 Å². The molecular formula is C23H26N6O2S. The normalized spacial score (nSPS) is 17.2. The number of oxime groups is 1. The zero-order chi connectivity index (χ0) is 22.5. The minimum atomic E-state index is -0.123. The Bertz CT molecular complexity index is 1320. The van der Waals surface area contributed by atoms with E-state index in [9.17, 15) is 0 Å². The summed E-state index contributed by atoms with van der Waals surface area (Å²) in [4.78, 5) is 17.2. The lowest BCUT2D eigenvalue weighted by Gasteiger charge is -2.42. The van der Waals surface area contributed by atoms with Gasteiger partial charge in [0.05, 0.1) is 18.7 Å². The van der Waals surface area contributed by atoms with Crippen molar-refractivity contribution >= 4 is 33.4 Å². The summed E-state index contributed by atoms with van der Waals surface area (Å²) in [5.74, 6) is 1.37. The minimum absolute atomic E-state index is 0.0144. The van der Waals surface area contributed by atoms with Crippen molar-refractivity contribution in [2.75, 3.05) is 7.11 Å². The van der Waals surface area contributed by atoms with Crippen molar-refractivity contribution in [1.29, 1.82) is 0 Å². The van der Waals surface area contributed by atoms with E-state index < -0.39 is 0 Å². The van der Waals surface area contributed by atoms with Gasteiger partial charge in [-0.3, -0.25) is 0 Å². The topological polar surface area (TPSA) is 85.9 Å². The summed E-state index contributed by atoms with van der Waals surface area (Å²) in [5.41, 5.74) is 2.91. The van der Waals surface area contributed by atoms with E-state index in [0.29, 0.717) is 5.82 Å². The number of methoxy groups -OCH3 is 1. The number of rotatable bonds is 5. The third-order valence-corrected chi connectivity index (χ3v) is 7.06. The van der Waals surface area contributed by atoms with Crippen LogP contribution in [-0.2, 0) is 23.4 Å². The Kier molecular flexibility index (Phi) is 4.90. The first kappa shape index (κ1) is 20.8. The maximum absolute atomic E-state index is 5.45. The van der Waals surface area contributed by atoms with Gasteiger partial charge in [0.25, 0.3) is 0 Å². The van der Waals surface area contributed by atoms with Gasteiger partial charge >= 0.3 is 0 Å². The molecule has 0 saturated carbocycles. The zero-order valence-electron chi connectivity index (χ0n) is 18.8. The summed E-state index contributed by atoms with van der Waals surface area (Å²) in [6.45, 7) is 9.10. The molecule has 5 rings (SSSR count). The molecule has 3 aromatic heterocycles. The van der Waals surface area contributed by atoms with Crippen LogP contribution in [0.15, 0.2) is 35.7 Å². The smallest absolute Gasteiger partial charge is 0.192 e. The van der Waals surface area contributed by atoms with E-state index in [4.69, 9.17) is 14.6 Å². The SMILES string of the molecule is COc1ccc(/C=N/OCc2nc3c4c5c(sc4ncn3n2)C(C)(C)NC(C)(C)C5)cc1. The van der Waals surface area contributed by atoms with Crippen molar-refractivity contribution < 1.29 is 9.57 Å². The summed E-state index contributed by atoms with van der Waals surface area (Å²) >= 11 is 1.73. The number of nitrogens with one attached hydrogen (secondary N) is 1. The Labute approximate surface area is 190 Å². The third-order valence-electron chi connectivity index (χ3n) is 5.59. The number of fused-ring (bicyclic) bond motifs is 5. The van der Waals surface area contributed by atoms with E-state index in [1.165, 1.54) is 10.4 Å². The van der Waals surface area contributed by atoms with Crippen LogP contribution in [0.4, 0.5) is 0 Å². The van der Waals surface area contributed by atoms with Crippen LogP contribution in [0.2, 0.25) is 0 Å². The van der Waals surface area contributed by atoms with Gasteiger partial charge in [0.2, 0.25) is 0 Å². The van der Waals surface area contributed by atoms with Gasteiger partial charge in [0.1, 0.15) is 16.9 Å². The lowest BCUT2D eigenvalue weighted by molar-refractivity contribution is 0.126. The molecular weight excluding hydrogens is 424 g/mol. The van der Waals surface area contributed by atoms with Crippen molar-refractivity contribution in [2.45, 2.75) is 51.8 Å². The van der Waals surface area contributed by atoms with Crippen LogP contribution in [0.5, 0.6) is 5.75 Å². The third kappa shape index (κ3) is 3.71. The molecule has 0 saturated heterocycles. The molecule has 0 amide bonds. The van der Waals surface area contributed by atoms with Crippen LogP contribution >= 0.6 is 11.3 Å². The highest BCUT2D eigenvalue weighted by Crippen LogP contribution is 2.44. The standard InChI is InChI=1S/C23H26N6O2S/c1-22(2)10-16-18-20-26-17(12-31-25-11-14-6-8-15(30-5)9-7-14)27-29(20)13-24-21(18)32-19(16)23(3,4)28-22/h6-9,11,13,28H,10,12H2,1-5H3/b25-11+. The number of hydrogen-bond donors (Lipinski definition) is 1. The van der Waals surface area contributed by atoms with Crippen molar-refractivity contribution in [3.05, 3.63) is 52.4 Å². The highest BCUT2D eigenvalue weighted by atomic mass is 32.1. The Hall–Kier alpha value is -3.04. The predicted molar refractivity (Wildman–Crippen MR) is 125 cm³/mol. The lowest BCUT2D eigenvalue weighted by atomic mass is 9.82. The Morgan fingerprint density at radius 1 is 1.22 bits per heavy atom. The second-order valence-corrected chi connectivity index (χ2v) is 10.2. The number of nitrogens with zero attached hydrogens (tertiary/aromatic N) is 5. The summed E-state index contributed by atoms with van der Waals surface area (Å²) < 4.78 is 6.90. The maximum atomic E-state index is 5.45. The monoisotopic (exact) mass is 450 g/mol. The van der Waals surface area contributed by atoms with Crippen molar-refractivity contribution in [2.24, 2.45) is 5.16 Å². The highest BCUT2D eigenvalue weighted by Gasteiger charge is 2.39. The maximum Gasteiger partial charge on any atom is 0.192 e. The van der Waals surface area contributed by atoms with Gasteiger partial charge in [-0.05, 0) is 69.5 Å². The van der Waals surface area contributed by atoms with Crippen molar-refractivity contribution in [3.63, 3.8) is 0 Å². The Morgan fingerprint density at radius 3 is 2.75 bits per heavy atom. The minimum Gasteiger partial charge on any atom is -0.497 e. The van der Waals surface area contributed by atoms with Crippen LogP contribution in [0.1, 0.15) is 49.5 Å². The van der Waals surface area contributed by atoms with Crippen LogP contribution in [-0.4, -0.2) is 38.4 Å². The fourth-order valence-corrected chi connectivity index (χ4v) is 5.72. The van der Waals surface area contributed by atoms with Crippen LogP contribution in [0.25, 0.3) is 15.9 Å². The molecule has 0 spiro atoms. The Morgan fingerprint density at radius 2 is 2.00 bits per heavy atom. The lowest BCUT2D eigenvalue weighted by Crippen LogP contribution is -2.54. The van der Waals surface area contributed by atoms with E-state index >= 15 is 0 Å².